The molecule has 0 radical (unpaired) electrons. The lowest BCUT2D eigenvalue weighted by molar-refractivity contribution is -0.132. The van der Waals surface area contributed by atoms with Gasteiger partial charge in [-0.15, -0.1) is 0 Å². The van der Waals surface area contributed by atoms with Gasteiger partial charge < -0.3 is 25.2 Å². The van der Waals surface area contributed by atoms with Gasteiger partial charge in [-0.25, -0.2) is 0 Å². The molecule has 3 fully saturated rings. The number of Topliss-reactive ketones (excluding diaryl/α,β-unsaturated/α-hetero) is 1. The van der Waals surface area contributed by atoms with E-state index in [4.69, 9.17) is 4.74 Å². The number of rotatable bonds is 0. The fourth-order valence-electron chi connectivity index (χ4n) is 6.07. The molecule has 3 aliphatic carbocycles. The lowest BCUT2D eigenvalue weighted by Crippen LogP contribution is -2.41. The second kappa shape index (κ2) is 5.17. The number of hydrogen-bond acceptors (Lipinski definition) is 6. The highest BCUT2D eigenvalue weighted by atomic mass is 16.7. The summed E-state index contributed by atoms with van der Waals surface area (Å²) in [6.07, 6.45) is -1.92. The van der Waals surface area contributed by atoms with Gasteiger partial charge in [0, 0.05) is 5.92 Å². The van der Waals surface area contributed by atoms with Gasteiger partial charge in [0.05, 0.1) is 18.3 Å². The van der Waals surface area contributed by atoms with Gasteiger partial charge in [-0.3, -0.25) is 4.79 Å². The molecule has 4 N–H and O–H groups in total. The molecule has 0 amide bonds. The van der Waals surface area contributed by atoms with E-state index in [1.165, 1.54) is 0 Å². The zero-order valence-corrected chi connectivity index (χ0v) is 16.0. The monoisotopic (exact) mass is 366 g/mol. The Kier molecular flexibility index (Phi) is 3.69. The SMILES string of the molecule is C/C1=C/[C@@]23O[C@@]2(C[C@H](C)[C@@H]3O)C(=O)[C@@H](C)[C@@H](O)[C@@H]2[C@H]([C@@H](O)[C@H]1O)C2(C)C. The summed E-state index contributed by atoms with van der Waals surface area (Å²) in [6, 6.07) is 0. The number of ketones is 1. The average molecular weight is 366 g/mol. The van der Waals surface area contributed by atoms with Crippen LogP contribution in [0.2, 0.25) is 0 Å². The predicted octanol–water partition coefficient (Wildman–Crippen LogP) is 0.415. The fraction of sp³-hybridized carbons (Fsp3) is 0.850. The van der Waals surface area contributed by atoms with Crippen LogP contribution in [0.25, 0.3) is 0 Å². The molecule has 2 saturated carbocycles. The number of aliphatic hydroxyl groups is 4. The van der Waals surface area contributed by atoms with Crippen LogP contribution in [0, 0.1) is 29.1 Å². The summed E-state index contributed by atoms with van der Waals surface area (Å²) in [5, 5.41) is 43.0. The molecule has 0 aromatic rings. The van der Waals surface area contributed by atoms with Crippen LogP contribution >= 0.6 is 0 Å². The van der Waals surface area contributed by atoms with E-state index in [0.717, 1.165) is 0 Å². The van der Waals surface area contributed by atoms with Crippen LogP contribution in [0.5, 0.6) is 0 Å². The van der Waals surface area contributed by atoms with Gasteiger partial charge in [0.25, 0.3) is 0 Å². The van der Waals surface area contributed by atoms with Gasteiger partial charge in [0.15, 0.2) is 17.0 Å². The molecule has 0 unspecified atom stereocenters. The molecule has 0 spiro atoms. The molecular weight excluding hydrogens is 336 g/mol. The van der Waals surface area contributed by atoms with E-state index in [1.807, 2.05) is 20.8 Å². The maximum absolute atomic E-state index is 13.3. The third-order valence-electron chi connectivity index (χ3n) is 7.81. The Morgan fingerprint density at radius 3 is 2.27 bits per heavy atom. The highest BCUT2D eigenvalue weighted by molar-refractivity contribution is 5.95. The van der Waals surface area contributed by atoms with Gasteiger partial charge in [-0.05, 0) is 48.2 Å². The molecule has 26 heavy (non-hydrogen) atoms. The summed E-state index contributed by atoms with van der Waals surface area (Å²) in [7, 11) is 0. The molecule has 6 heteroatoms. The number of aliphatic hydroxyl groups excluding tert-OH is 4. The minimum atomic E-state index is -1.16. The van der Waals surface area contributed by atoms with E-state index in [1.54, 1.807) is 19.9 Å². The van der Waals surface area contributed by atoms with E-state index in [2.05, 4.69) is 0 Å². The first-order valence-electron chi connectivity index (χ1n) is 9.58. The molecule has 146 valence electrons. The summed E-state index contributed by atoms with van der Waals surface area (Å²) in [4.78, 5) is 13.3. The van der Waals surface area contributed by atoms with Crippen LogP contribution in [-0.4, -0.2) is 61.8 Å². The zero-order valence-electron chi connectivity index (χ0n) is 16.0. The molecule has 0 aromatic carbocycles. The molecule has 1 aliphatic heterocycles. The summed E-state index contributed by atoms with van der Waals surface area (Å²) in [6.45, 7) is 9.16. The van der Waals surface area contributed by atoms with Crippen molar-refractivity contribution < 1.29 is 30.0 Å². The molecule has 6 nitrogen and oxygen atoms in total. The van der Waals surface area contributed by atoms with E-state index >= 15 is 0 Å². The number of carbonyl (C=O) groups excluding carboxylic acids is 1. The Hall–Kier alpha value is -0.790. The highest BCUT2D eigenvalue weighted by Gasteiger charge is 2.82. The third-order valence-corrected chi connectivity index (χ3v) is 7.81. The van der Waals surface area contributed by atoms with E-state index in [0.29, 0.717) is 12.0 Å². The Balaban J connectivity index is 1.82. The van der Waals surface area contributed by atoms with Crippen LogP contribution in [0.3, 0.4) is 0 Å². The van der Waals surface area contributed by atoms with Crippen molar-refractivity contribution in [2.45, 2.75) is 76.7 Å². The summed E-state index contributed by atoms with van der Waals surface area (Å²) < 4.78 is 5.89. The number of epoxide rings is 1. The van der Waals surface area contributed by atoms with E-state index in [9.17, 15) is 25.2 Å². The topological polar surface area (TPSA) is 111 Å². The number of hydrogen-bond donors (Lipinski definition) is 4. The van der Waals surface area contributed by atoms with Crippen LogP contribution in [0.4, 0.5) is 0 Å². The molecule has 0 bridgehead atoms. The van der Waals surface area contributed by atoms with Gasteiger partial charge in [-0.2, -0.15) is 0 Å². The Morgan fingerprint density at radius 2 is 1.65 bits per heavy atom. The number of carbonyl (C=O) groups is 1. The van der Waals surface area contributed by atoms with Gasteiger partial charge in [-0.1, -0.05) is 27.7 Å². The van der Waals surface area contributed by atoms with Crippen molar-refractivity contribution in [1.82, 2.24) is 0 Å². The molecule has 4 rings (SSSR count). The van der Waals surface area contributed by atoms with E-state index < -0.39 is 41.5 Å². The minimum absolute atomic E-state index is 0.129. The second-order valence-corrected chi connectivity index (χ2v) is 9.69. The highest BCUT2D eigenvalue weighted by Crippen LogP contribution is 2.67. The van der Waals surface area contributed by atoms with Crippen LogP contribution in [-0.2, 0) is 9.53 Å². The Bertz CT molecular complexity index is 686. The van der Waals surface area contributed by atoms with Crippen molar-refractivity contribution in [1.29, 1.82) is 0 Å². The molecule has 1 heterocycles. The number of fused-ring (bicyclic) bond motifs is 1. The smallest absolute Gasteiger partial charge is 0.173 e. The number of ether oxygens (including phenoxy) is 1. The largest absolute Gasteiger partial charge is 0.392 e. The van der Waals surface area contributed by atoms with Crippen molar-refractivity contribution in [2.24, 2.45) is 29.1 Å². The lowest BCUT2D eigenvalue weighted by atomic mass is 9.81. The van der Waals surface area contributed by atoms with Crippen molar-refractivity contribution in [3.05, 3.63) is 11.6 Å². The summed E-state index contributed by atoms with van der Waals surface area (Å²) in [5.74, 6) is -1.55. The minimum Gasteiger partial charge on any atom is -0.392 e. The van der Waals surface area contributed by atoms with Crippen LogP contribution in [0.15, 0.2) is 11.6 Å². The average Bonchev–Trinajstić information content (AvgIpc) is 3.37. The predicted molar refractivity (Wildman–Crippen MR) is 93.0 cm³/mol. The quantitative estimate of drug-likeness (QED) is 0.365. The van der Waals surface area contributed by atoms with Crippen molar-refractivity contribution in [2.75, 3.05) is 0 Å². The first kappa shape index (κ1) is 18.6. The first-order valence-corrected chi connectivity index (χ1v) is 9.58. The van der Waals surface area contributed by atoms with Crippen LogP contribution in [0.1, 0.15) is 41.0 Å². The standard InChI is InChI=1S/C20H30O6/c1-8-6-19-16(24)9(2)7-20(19,26-19)17(25)10(3)14(22)11-12(18(11,4)5)15(23)13(8)21/h6,9-16,21-24H,7H2,1-5H3/b8-6-/t9-,10-,11-,12+,13-,14+,15+,16-,19-,20-/m0/s1. The summed E-state index contributed by atoms with van der Waals surface area (Å²) >= 11 is 0. The molecule has 0 aromatic heterocycles. The maximum atomic E-state index is 13.3. The van der Waals surface area contributed by atoms with E-state index in [-0.39, 0.29) is 29.0 Å². The van der Waals surface area contributed by atoms with Gasteiger partial charge >= 0.3 is 0 Å². The van der Waals surface area contributed by atoms with Crippen molar-refractivity contribution in [3.8, 4) is 0 Å². The first-order chi connectivity index (χ1) is 11.9. The molecule has 1 saturated heterocycles. The lowest BCUT2D eigenvalue weighted by Gasteiger charge is -2.23. The Labute approximate surface area is 153 Å². The van der Waals surface area contributed by atoms with Gasteiger partial charge in [0.1, 0.15) is 6.10 Å². The van der Waals surface area contributed by atoms with Crippen LogP contribution < -0.4 is 0 Å². The maximum Gasteiger partial charge on any atom is 0.173 e. The fourth-order valence-corrected chi connectivity index (χ4v) is 6.07. The zero-order chi connectivity index (χ0) is 19.4. The second-order valence-electron chi connectivity index (χ2n) is 9.69. The molecule has 10 atom stereocenters. The third kappa shape index (κ3) is 1.97. The normalized spacial score (nSPS) is 60.0. The van der Waals surface area contributed by atoms with Gasteiger partial charge in [0.2, 0.25) is 0 Å². The summed E-state index contributed by atoms with van der Waals surface area (Å²) in [5.41, 5.74) is -2.18. The molecule has 4 aliphatic rings. The van der Waals surface area contributed by atoms with Crippen molar-refractivity contribution >= 4 is 5.78 Å². The Morgan fingerprint density at radius 1 is 1.08 bits per heavy atom. The van der Waals surface area contributed by atoms with Crippen molar-refractivity contribution in [3.63, 3.8) is 0 Å². The molecular formula is C20H30O6.